The minimum atomic E-state index is -0.963. The van der Waals surface area contributed by atoms with E-state index >= 15 is 0 Å². The fraction of sp³-hybridized carbons (Fsp3) is 0.273. The van der Waals surface area contributed by atoms with E-state index in [1.165, 1.54) is 0 Å². The molecule has 0 saturated heterocycles. The van der Waals surface area contributed by atoms with Crippen molar-refractivity contribution < 1.29 is 14.7 Å². The minimum Gasteiger partial charge on any atom is -0.481 e. The monoisotopic (exact) mass is 334 g/mol. The van der Waals surface area contributed by atoms with Crippen LogP contribution in [0.25, 0.3) is 0 Å². The summed E-state index contributed by atoms with van der Waals surface area (Å²) in [5.41, 5.74) is 0.531. The summed E-state index contributed by atoms with van der Waals surface area (Å²) in [5, 5.41) is 14.1. The number of carbonyl (C=O) groups is 2. The van der Waals surface area contributed by atoms with Crippen LogP contribution in [0.1, 0.15) is 13.3 Å². The van der Waals surface area contributed by atoms with Gasteiger partial charge in [-0.2, -0.15) is 0 Å². The molecule has 0 heterocycles. The molecule has 2 amide bonds. The van der Waals surface area contributed by atoms with Crippen molar-refractivity contribution in [3.8, 4) is 0 Å². The summed E-state index contributed by atoms with van der Waals surface area (Å²) in [7, 11) is 0. The van der Waals surface area contributed by atoms with Crippen LogP contribution in [0.2, 0.25) is 5.02 Å². The van der Waals surface area contributed by atoms with Gasteiger partial charge in [-0.3, -0.25) is 4.79 Å². The molecule has 1 aromatic rings. The van der Waals surface area contributed by atoms with Crippen molar-refractivity contribution in [1.29, 1.82) is 0 Å². The fourth-order valence-electron chi connectivity index (χ4n) is 1.28. The normalized spacial score (nSPS) is 11.7. The van der Waals surface area contributed by atoms with Crippen LogP contribution in [0.15, 0.2) is 22.7 Å². The molecule has 0 spiro atoms. The average molecular weight is 336 g/mol. The first kappa shape index (κ1) is 14.8. The summed E-state index contributed by atoms with van der Waals surface area (Å²) in [5.74, 6) is -0.963. The lowest BCUT2D eigenvalue weighted by Crippen LogP contribution is -2.37. The molecule has 1 atom stereocenters. The molecule has 18 heavy (non-hydrogen) atoms. The molecular formula is C11H12BrClN2O3. The van der Waals surface area contributed by atoms with Gasteiger partial charge in [-0.25, -0.2) is 4.79 Å². The van der Waals surface area contributed by atoms with Crippen molar-refractivity contribution in [2.45, 2.75) is 19.4 Å². The number of anilines is 1. The summed E-state index contributed by atoms with van der Waals surface area (Å²) in [6, 6.07) is 4.05. The molecule has 0 aliphatic carbocycles. The van der Waals surface area contributed by atoms with Crippen LogP contribution in [0.3, 0.4) is 0 Å². The van der Waals surface area contributed by atoms with Gasteiger partial charge in [-0.05, 0) is 41.1 Å². The molecule has 5 nitrogen and oxygen atoms in total. The number of aliphatic carboxylic acids is 1. The highest BCUT2D eigenvalue weighted by Crippen LogP contribution is 2.25. The number of carbonyl (C=O) groups excluding carboxylic acids is 1. The molecule has 98 valence electrons. The van der Waals surface area contributed by atoms with Gasteiger partial charge in [-0.1, -0.05) is 11.6 Å². The zero-order valence-corrected chi connectivity index (χ0v) is 11.9. The Morgan fingerprint density at radius 2 is 2.17 bits per heavy atom. The fourth-order valence-corrected chi connectivity index (χ4v) is 1.70. The Bertz CT molecular complexity index is 468. The smallest absolute Gasteiger partial charge is 0.319 e. The van der Waals surface area contributed by atoms with E-state index in [1.54, 1.807) is 25.1 Å². The molecule has 0 radical (unpaired) electrons. The van der Waals surface area contributed by atoms with Gasteiger partial charge in [0.1, 0.15) is 0 Å². The summed E-state index contributed by atoms with van der Waals surface area (Å²) in [6.07, 6.45) is -0.130. The molecule has 0 fully saturated rings. The highest BCUT2D eigenvalue weighted by atomic mass is 79.9. The van der Waals surface area contributed by atoms with Gasteiger partial charge in [0, 0.05) is 16.2 Å². The van der Waals surface area contributed by atoms with Crippen LogP contribution in [0.5, 0.6) is 0 Å². The molecule has 0 aliphatic rings. The number of hydrogen-bond acceptors (Lipinski definition) is 2. The highest BCUT2D eigenvalue weighted by molar-refractivity contribution is 9.10. The molecular weight excluding hydrogens is 323 g/mol. The number of amides is 2. The number of halogens is 2. The highest BCUT2D eigenvalue weighted by Gasteiger charge is 2.11. The Labute approximate surface area is 118 Å². The molecule has 7 heteroatoms. The maximum atomic E-state index is 11.5. The molecule has 1 unspecified atom stereocenters. The van der Waals surface area contributed by atoms with Crippen LogP contribution < -0.4 is 10.6 Å². The Hall–Kier alpha value is -1.27. The van der Waals surface area contributed by atoms with Crippen molar-refractivity contribution in [2.24, 2.45) is 0 Å². The number of hydrogen-bond donors (Lipinski definition) is 3. The van der Waals surface area contributed by atoms with E-state index in [4.69, 9.17) is 16.7 Å². The minimum absolute atomic E-state index is 0.130. The van der Waals surface area contributed by atoms with Gasteiger partial charge in [0.15, 0.2) is 0 Å². The second-order valence-corrected chi connectivity index (χ2v) is 4.99. The average Bonchev–Trinajstić information content (AvgIpc) is 2.21. The standard InChI is InChI=1S/C11H12BrClN2O3/c1-6(4-10(16)17)14-11(18)15-7-2-3-8(12)9(13)5-7/h2-3,5-6H,4H2,1H3,(H,16,17)(H2,14,15,18). The van der Waals surface area contributed by atoms with E-state index in [9.17, 15) is 9.59 Å². The predicted molar refractivity (Wildman–Crippen MR) is 73.0 cm³/mol. The van der Waals surface area contributed by atoms with E-state index < -0.39 is 18.0 Å². The third kappa shape index (κ3) is 4.93. The molecule has 0 aromatic heterocycles. The predicted octanol–water partition coefficient (Wildman–Crippen LogP) is 3.09. The lowest BCUT2D eigenvalue weighted by Gasteiger charge is -2.12. The molecule has 0 aliphatic heterocycles. The second-order valence-electron chi connectivity index (χ2n) is 3.73. The Kier molecular flexibility index (Phi) is 5.43. The summed E-state index contributed by atoms with van der Waals surface area (Å²) in [6.45, 7) is 1.61. The van der Waals surface area contributed by atoms with Gasteiger partial charge in [0.05, 0.1) is 11.4 Å². The van der Waals surface area contributed by atoms with Crippen LogP contribution in [0.4, 0.5) is 10.5 Å². The van der Waals surface area contributed by atoms with Gasteiger partial charge in [0.25, 0.3) is 0 Å². The van der Waals surface area contributed by atoms with Gasteiger partial charge >= 0.3 is 12.0 Å². The van der Waals surface area contributed by atoms with Crippen LogP contribution >= 0.6 is 27.5 Å². The van der Waals surface area contributed by atoms with E-state index in [1.807, 2.05) is 0 Å². The van der Waals surface area contributed by atoms with Crippen molar-refractivity contribution >= 4 is 45.2 Å². The number of benzene rings is 1. The molecule has 0 saturated carbocycles. The summed E-state index contributed by atoms with van der Waals surface area (Å²) >= 11 is 9.11. The van der Waals surface area contributed by atoms with Gasteiger partial charge < -0.3 is 15.7 Å². The van der Waals surface area contributed by atoms with E-state index in [2.05, 4.69) is 26.6 Å². The number of carboxylic acid groups (broad SMARTS) is 1. The van der Waals surface area contributed by atoms with Crippen molar-refractivity contribution in [1.82, 2.24) is 5.32 Å². The molecule has 0 bridgehead atoms. The van der Waals surface area contributed by atoms with Crippen molar-refractivity contribution in [2.75, 3.05) is 5.32 Å². The third-order valence-electron chi connectivity index (χ3n) is 2.04. The Morgan fingerprint density at radius 3 is 2.72 bits per heavy atom. The van der Waals surface area contributed by atoms with Crippen LogP contribution in [0, 0.1) is 0 Å². The van der Waals surface area contributed by atoms with Gasteiger partial charge in [-0.15, -0.1) is 0 Å². The van der Waals surface area contributed by atoms with E-state index in [0.29, 0.717) is 10.7 Å². The summed E-state index contributed by atoms with van der Waals surface area (Å²) < 4.78 is 0.731. The van der Waals surface area contributed by atoms with E-state index in [-0.39, 0.29) is 6.42 Å². The van der Waals surface area contributed by atoms with E-state index in [0.717, 1.165) is 4.47 Å². The maximum absolute atomic E-state index is 11.5. The largest absolute Gasteiger partial charge is 0.481 e. The van der Waals surface area contributed by atoms with Gasteiger partial charge in [0.2, 0.25) is 0 Å². The van der Waals surface area contributed by atoms with Crippen molar-refractivity contribution in [3.63, 3.8) is 0 Å². The Morgan fingerprint density at radius 1 is 1.50 bits per heavy atom. The molecule has 1 aromatic carbocycles. The topological polar surface area (TPSA) is 78.4 Å². The molecule has 1 rings (SSSR count). The third-order valence-corrected chi connectivity index (χ3v) is 3.27. The maximum Gasteiger partial charge on any atom is 0.319 e. The number of rotatable bonds is 4. The first-order valence-corrected chi connectivity index (χ1v) is 6.30. The number of nitrogens with one attached hydrogen (secondary N) is 2. The van der Waals surface area contributed by atoms with Crippen molar-refractivity contribution in [3.05, 3.63) is 27.7 Å². The SMILES string of the molecule is CC(CC(=O)O)NC(=O)Nc1ccc(Br)c(Cl)c1. The Balaban J connectivity index is 2.54. The summed E-state index contributed by atoms with van der Waals surface area (Å²) in [4.78, 5) is 22.0. The second kappa shape index (κ2) is 6.61. The van der Waals surface area contributed by atoms with Crippen LogP contribution in [-0.4, -0.2) is 23.1 Å². The lowest BCUT2D eigenvalue weighted by molar-refractivity contribution is -0.137. The first-order valence-electron chi connectivity index (χ1n) is 5.13. The lowest BCUT2D eigenvalue weighted by atomic mass is 10.2. The zero-order valence-electron chi connectivity index (χ0n) is 9.54. The first-order chi connectivity index (χ1) is 8.38. The van der Waals surface area contributed by atoms with Crippen LogP contribution in [-0.2, 0) is 4.79 Å². The zero-order chi connectivity index (χ0) is 13.7. The quantitative estimate of drug-likeness (QED) is 0.791. The number of urea groups is 1. The number of carboxylic acids is 1. The molecule has 3 N–H and O–H groups in total.